The van der Waals surface area contributed by atoms with E-state index in [1.54, 1.807) is 32.2 Å². The van der Waals surface area contributed by atoms with Crippen LogP contribution in [-0.4, -0.2) is 40.9 Å². The zero-order chi connectivity index (χ0) is 26.1. The highest BCUT2D eigenvalue weighted by atomic mass is 16.5. The highest BCUT2D eigenvalue weighted by Gasteiger charge is 2.23. The summed E-state index contributed by atoms with van der Waals surface area (Å²) in [6.45, 7) is 0.191. The number of methoxy groups -OCH3 is 3. The molecule has 6 aromatic rings. The fourth-order valence-corrected chi connectivity index (χ4v) is 4.30. The van der Waals surface area contributed by atoms with E-state index in [4.69, 9.17) is 28.3 Å². The van der Waals surface area contributed by atoms with E-state index in [1.165, 1.54) is 0 Å². The minimum Gasteiger partial charge on any atom is -0.497 e. The molecule has 190 valence electrons. The standard InChI is InChI=1S/C29H24N4O5/c1-34-20-8-4-18(5-9-20)25-26-28-31-24(16-37-23-14-12-22(36-3)13-15-23)32-33(28)17-30-29(26)38-27(25)19-6-10-21(35-2)11-7-19/h4-15,17H,16H2,1-3H3. The molecule has 3 aromatic carbocycles. The van der Waals surface area contributed by atoms with Gasteiger partial charge in [-0.15, -0.1) is 5.10 Å². The highest BCUT2D eigenvalue weighted by molar-refractivity contribution is 6.07. The average Bonchev–Trinajstić information content (AvgIpc) is 3.58. The number of nitrogens with zero attached hydrogens (tertiary/aromatic N) is 4. The zero-order valence-electron chi connectivity index (χ0n) is 21.0. The molecule has 0 unspecified atom stereocenters. The maximum atomic E-state index is 6.33. The van der Waals surface area contributed by atoms with Crippen molar-refractivity contribution < 1.29 is 23.4 Å². The quantitative estimate of drug-likeness (QED) is 0.254. The summed E-state index contributed by atoms with van der Waals surface area (Å²) in [5.74, 6) is 4.16. The Hall–Kier alpha value is -5.05. The van der Waals surface area contributed by atoms with Crippen LogP contribution in [0.25, 0.3) is 39.2 Å². The van der Waals surface area contributed by atoms with Crippen LogP contribution in [0.1, 0.15) is 5.82 Å². The Balaban J connectivity index is 1.46. The van der Waals surface area contributed by atoms with Gasteiger partial charge < -0.3 is 23.4 Å². The van der Waals surface area contributed by atoms with Crippen molar-refractivity contribution in [3.63, 3.8) is 0 Å². The number of rotatable bonds is 8. The third-order valence-electron chi connectivity index (χ3n) is 6.23. The van der Waals surface area contributed by atoms with Crippen molar-refractivity contribution in [2.24, 2.45) is 0 Å². The molecule has 3 aromatic heterocycles. The normalized spacial score (nSPS) is 11.1. The Kier molecular flexibility index (Phi) is 6.01. The van der Waals surface area contributed by atoms with Gasteiger partial charge in [-0.25, -0.2) is 14.5 Å². The molecule has 0 saturated heterocycles. The van der Waals surface area contributed by atoms with Crippen LogP contribution in [0.2, 0.25) is 0 Å². The van der Waals surface area contributed by atoms with Crippen LogP contribution < -0.4 is 18.9 Å². The first-order valence-electron chi connectivity index (χ1n) is 11.9. The number of hydrogen-bond acceptors (Lipinski definition) is 8. The molecule has 38 heavy (non-hydrogen) atoms. The van der Waals surface area contributed by atoms with Crippen molar-refractivity contribution in [2.45, 2.75) is 6.61 Å². The molecule has 0 spiro atoms. The predicted octanol–water partition coefficient (Wildman–Crippen LogP) is 5.81. The molecule has 3 heterocycles. The van der Waals surface area contributed by atoms with Crippen LogP contribution in [-0.2, 0) is 6.61 Å². The zero-order valence-corrected chi connectivity index (χ0v) is 21.0. The lowest BCUT2D eigenvalue weighted by Crippen LogP contribution is -1.98. The molecule has 0 amide bonds. The molecule has 0 saturated carbocycles. The molecule has 0 aliphatic rings. The molecule has 6 rings (SSSR count). The first-order chi connectivity index (χ1) is 18.7. The highest BCUT2D eigenvalue weighted by Crippen LogP contribution is 2.42. The van der Waals surface area contributed by atoms with Crippen molar-refractivity contribution in [3.05, 3.63) is 84.9 Å². The smallest absolute Gasteiger partial charge is 0.232 e. The van der Waals surface area contributed by atoms with E-state index in [2.05, 4.69) is 10.1 Å². The van der Waals surface area contributed by atoms with Gasteiger partial charge in [0, 0.05) is 11.1 Å². The van der Waals surface area contributed by atoms with Crippen molar-refractivity contribution in [1.82, 2.24) is 19.6 Å². The van der Waals surface area contributed by atoms with E-state index in [-0.39, 0.29) is 6.61 Å². The second-order valence-electron chi connectivity index (χ2n) is 8.45. The topological polar surface area (TPSA) is 93.1 Å². The Morgan fingerprint density at radius 1 is 0.711 bits per heavy atom. The molecule has 0 aliphatic carbocycles. The number of ether oxygens (including phenoxy) is 4. The Morgan fingerprint density at radius 3 is 1.87 bits per heavy atom. The Bertz CT molecular complexity index is 1710. The third kappa shape index (κ3) is 4.24. The summed E-state index contributed by atoms with van der Waals surface area (Å²) in [6, 6.07) is 22.9. The first-order valence-corrected chi connectivity index (χ1v) is 11.9. The van der Waals surface area contributed by atoms with Crippen molar-refractivity contribution in [3.8, 4) is 45.4 Å². The molecule has 0 bridgehead atoms. The van der Waals surface area contributed by atoms with Crippen LogP contribution in [0.3, 0.4) is 0 Å². The molecule has 9 nitrogen and oxygen atoms in total. The lowest BCUT2D eigenvalue weighted by atomic mass is 9.99. The number of furan rings is 1. The van der Waals surface area contributed by atoms with Gasteiger partial charge in [0.25, 0.3) is 0 Å². The van der Waals surface area contributed by atoms with Crippen LogP contribution in [0.5, 0.6) is 23.0 Å². The van der Waals surface area contributed by atoms with Crippen LogP contribution in [0.4, 0.5) is 0 Å². The summed E-state index contributed by atoms with van der Waals surface area (Å²) in [4.78, 5) is 9.35. The van der Waals surface area contributed by atoms with Gasteiger partial charge >= 0.3 is 0 Å². The molecule has 0 aliphatic heterocycles. The van der Waals surface area contributed by atoms with Crippen LogP contribution >= 0.6 is 0 Å². The summed E-state index contributed by atoms with van der Waals surface area (Å²) in [6.07, 6.45) is 1.60. The van der Waals surface area contributed by atoms with Gasteiger partial charge in [0.2, 0.25) is 5.71 Å². The lowest BCUT2D eigenvalue weighted by Gasteiger charge is -2.06. The van der Waals surface area contributed by atoms with E-state index in [1.807, 2.05) is 72.8 Å². The Labute approximate surface area is 218 Å². The SMILES string of the molecule is COc1ccc(OCc2nc3c4c(-c5ccc(OC)cc5)c(-c5ccc(OC)cc5)oc4ncn3n2)cc1. The lowest BCUT2D eigenvalue weighted by molar-refractivity contribution is 0.295. The summed E-state index contributed by atoms with van der Waals surface area (Å²) in [7, 11) is 4.91. The Morgan fingerprint density at radius 2 is 1.26 bits per heavy atom. The number of benzene rings is 3. The minimum absolute atomic E-state index is 0.191. The van der Waals surface area contributed by atoms with Crippen molar-refractivity contribution >= 4 is 16.7 Å². The third-order valence-corrected chi connectivity index (χ3v) is 6.23. The molecule has 0 N–H and O–H groups in total. The second kappa shape index (κ2) is 9.78. The summed E-state index contributed by atoms with van der Waals surface area (Å²) >= 11 is 0. The summed E-state index contributed by atoms with van der Waals surface area (Å²) in [5, 5.41) is 5.35. The largest absolute Gasteiger partial charge is 0.497 e. The first kappa shape index (κ1) is 23.4. The van der Waals surface area contributed by atoms with E-state index in [0.29, 0.717) is 28.7 Å². The number of fused-ring (bicyclic) bond motifs is 3. The van der Waals surface area contributed by atoms with Gasteiger partial charge in [0.05, 0.1) is 26.7 Å². The van der Waals surface area contributed by atoms with Crippen LogP contribution in [0.15, 0.2) is 83.5 Å². The van der Waals surface area contributed by atoms with Gasteiger partial charge in [0.1, 0.15) is 41.7 Å². The molecule has 0 radical (unpaired) electrons. The molecule has 0 fully saturated rings. The fourth-order valence-electron chi connectivity index (χ4n) is 4.30. The van der Waals surface area contributed by atoms with Crippen molar-refractivity contribution in [1.29, 1.82) is 0 Å². The average molecular weight is 509 g/mol. The maximum Gasteiger partial charge on any atom is 0.232 e. The van der Waals surface area contributed by atoms with Gasteiger partial charge in [-0.2, -0.15) is 0 Å². The van der Waals surface area contributed by atoms with Gasteiger partial charge in [-0.1, -0.05) is 12.1 Å². The minimum atomic E-state index is 0.191. The van der Waals surface area contributed by atoms with Crippen LogP contribution in [0, 0.1) is 0 Å². The van der Waals surface area contributed by atoms with Crippen molar-refractivity contribution in [2.75, 3.05) is 21.3 Å². The van der Waals surface area contributed by atoms with E-state index >= 15 is 0 Å². The van der Waals surface area contributed by atoms with E-state index < -0.39 is 0 Å². The molecular weight excluding hydrogens is 484 g/mol. The van der Waals surface area contributed by atoms with Gasteiger partial charge in [-0.05, 0) is 66.2 Å². The summed E-state index contributed by atoms with van der Waals surface area (Å²) < 4.78 is 29.8. The molecular formula is C29H24N4O5. The second-order valence-corrected chi connectivity index (χ2v) is 8.45. The van der Waals surface area contributed by atoms with E-state index in [0.717, 1.165) is 39.3 Å². The maximum absolute atomic E-state index is 6.33. The van der Waals surface area contributed by atoms with Gasteiger partial charge in [0.15, 0.2) is 11.5 Å². The molecule has 9 heteroatoms. The number of hydrogen-bond donors (Lipinski definition) is 0. The van der Waals surface area contributed by atoms with Gasteiger partial charge in [-0.3, -0.25) is 0 Å². The predicted molar refractivity (Wildman–Crippen MR) is 142 cm³/mol. The monoisotopic (exact) mass is 508 g/mol. The molecule has 0 atom stereocenters. The number of aromatic nitrogens is 4. The summed E-state index contributed by atoms with van der Waals surface area (Å²) in [5.41, 5.74) is 3.77. The van der Waals surface area contributed by atoms with E-state index in [9.17, 15) is 0 Å². The fraction of sp³-hybridized carbons (Fsp3) is 0.138.